The van der Waals surface area contributed by atoms with E-state index in [1.807, 2.05) is 6.92 Å². The number of aromatic hydroxyl groups is 1. The Hall–Kier alpha value is -3.57. The molecule has 0 aliphatic heterocycles. The molecule has 1 aromatic rings. The van der Waals surface area contributed by atoms with Gasteiger partial charge in [-0.05, 0) is 39.8 Å². The van der Waals surface area contributed by atoms with Crippen LogP contribution < -0.4 is 15.8 Å². The second kappa shape index (κ2) is 8.28. The fraction of sp³-hybridized carbons (Fsp3) is 0.458. The Morgan fingerprint density at radius 3 is 2.49 bits per heavy atom. The zero-order chi connectivity index (χ0) is 26.0. The molecule has 0 unspecified atom stereocenters. The highest BCUT2D eigenvalue weighted by Gasteiger charge is 2.64. The summed E-state index contributed by atoms with van der Waals surface area (Å²) >= 11 is 0. The van der Waals surface area contributed by atoms with Gasteiger partial charge in [-0.2, -0.15) is 0 Å². The van der Waals surface area contributed by atoms with Crippen LogP contribution in [0.3, 0.4) is 0 Å². The lowest BCUT2D eigenvalue weighted by atomic mass is 9.57. The molecule has 0 saturated heterocycles. The van der Waals surface area contributed by atoms with E-state index in [0.717, 1.165) is 0 Å². The molecule has 0 heterocycles. The smallest absolute Gasteiger partial charge is 0.255 e. The van der Waals surface area contributed by atoms with E-state index in [1.54, 1.807) is 20.2 Å². The average Bonchev–Trinajstić information content (AvgIpc) is 2.77. The zero-order valence-corrected chi connectivity index (χ0v) is 19.9. The summed E-state index contributed by atoms with van der Waals surface area (Å²) in [5.74, 6) is -6.48. The number of likely N-dealkylation sites (N-methyl/N-ethyl adjacent to an activating group) is 1. The Labute approximate surface area is 201 Å². The number of methoxy groups -OCH3 is 1. The maximum Gasteiger partial charge on any atom is 0.255 e. The van der Waals surface area contributed by atoms with Crippen LogP contribution in [0.2, 0.25) is 0 Å². The predicted molar refractivity (Wildman–Crippen MR) is 125 cm³/mol. The van der Waals surface area contributed by atoms with Crippen LogP contribution in [-0.2, 0) is 20.8 Å². The van der Waals surface area contributed by atoms with E-state index in [9.17, 15) is 34.8 Å². The molecule has 1 amide bonds. The number of nitrogens with two attached hydrogens (primary N) is 1. The summed E-state index contributed by atoms with van der Waals surface area (Å²) in [6.07, 6.45) is 0.183. The van der Waals surface area contributed by atoms with Gasteiger partial charge in [-0.25, -0.2) is 0 Å². The van der Waals surface area contributed by atoms with Gasteiger partial charge in [-0.1, -0.05) is 0 Å². The van der Waals surface area contributed by atoms with E-state index in [2.05, 4.69) is 5.32 Å². The quantitative estimate of drug-likeness (QED) is 0.251. The molecule has 35 heavy (non-hydrogen) atoms. The normalized spacial score (nSPS) is 28.0. The number of fused-ring (bicyclic) bond motifs is 3. The van der Waals surface area contributed by atoms with Crippen LogP contribution >= 0.6 is 0 Å². The molecular formula is C24H29N3O8. The molecule has 1 fully saturated rings. The van der Waals surface area contributed by atoms with Crippen molar-refractivity contribution >= 4 is 28.9 Å². The number of anilines is 1. The number of hydrogen-bond acceptors (Lipinski definition) is 10. The van der Waals surface area contributed by atoms with E-state index in [0.29, 0.717) is 17.9 Å². The molecule has 3 aliphatic carbocycles. The van der Waals surface area contributed by atoms with Crippen molar-refractivity contribution in [3.8, 4) is 11.5 Å². The highest BCUT2D eigenvalue weighted by Crippen LogP contribution is 2.54. The van der Waals surface area contributed by atoms with Crippen molar-refractivity contribution in [3.63, 3.8) is 0 Å². The van der Waals surface area contributed by atoms with Crippen molar-refractivity contribution in [3.05, 3.63) is 34.1 Å². The standard InChI is InChI=1S/C24H29N3O8/c1-5-26-12-8-13(35-4)10-6-9-7-11-17(27(2)3)20(30)16(23(25)33)22(32)24(11,34)21(31)14(9)19(29)15(10)18(12)28/h8-9,11,17,26,28-29,32,34H,5-7H2,1-4H3,(H2,25,33)/t9-,11-,17-,24-/m0/s1. The first-order valence-corrected chi connectivity index (χ1v) is 11.2. The lowest BCUT2D eigenvalue weighted by Crippen LogP contribution is -2.65. The number of nitrogens with zero attached hydrogens (tertiary/aromatic N) is 1. The number of ether oxygens (including phenoxy) is 1. The molecule has 188 valence electrons. The number of aliphatic hydroxyl groups excluding tert-OH is 2. The van der Waals surface area contributed by atoms with Crippen molar-refractivity contribution in [2.75, 3.05) is 33.1 Å². The highest BCUT2D eigenvalue weighted by atomic mass is 16.5. The molecule has 1 saturated carbocycles. The van der Waals surface area contributed by atoms with Crippen molar-refractivity contribution < 1.29 is 39.5 Å². The third-order valence-electron chi connectivity index (χ3n) is 7.27. The molecule has 0 radical (unpaired) electrons. The minimum absolute atomic E-state index is 0.0170. The van der Waals surface area contributed by atoms with Crippen LogP contribution in [0.5, 0.6) is 11.5 Å². The fourth-order valence-electron chi connectivity index (χ4n) is 5.78. The Balaban J connectivity index is 1.99. The topological polar surface area (TPSA) is 183 Å². The van der Waals surface area contributed by atoms with Crippen molar-refractivity contribution in [1.29, 1.82) is 0 Å². The molecule has 4 atom stereocenters. The lowest BCUT2D eigenvalue weighted by Gasteiger charge is -2.50. The van der Waals surface area contributed by atoms with Gasteiger partial charge < -0.3 is 36.2 Å². The van der Waals surface area contributed by atoms with Gasteiger partial charge in [0.2, 0.25) is 5.78 Å². The number of phenols is 1. The number of benzene rings is 1. The summed E-state index contributed by atoms with van der Waals surface area (Å²) in [7, 11) is 4.55. The van der Waals surface area contributed by atoms with E-state index in [4.69, 9.17) is 10.5 Å². The number of carbonyl (C=O) groups excluding carboxylic acids is 3. The fourth-order valence-corrected chi connectivity index (χ4v) is 5.78. The summed E-state index contributed by atoms with van der Waals surface area (Å²) in [6, 6.07) is 0.469. The highest BCUT2D eigenvalue weighted by molar-refractivity contribution is 6.24. The minimum Gasteiger partial charge on any atom is -0.508 e. The van der Waals surface area contributed by atoms with Gasteiger partial charge in [0, 0.05) is 29.7 Å². The number of carbonyl (C=O) groups is 3. The average molecular weight is 488 g/mol. The van der Waals surface area contributed by atoms with E-state index < -0.39 is 58.0 Å². The maximum atomic E-state index is 13.8. The van der Waals surface area contributed by atoms with Crippen LogP contribution in [0.25, 0.3) is 5.76 Å². The van der Waals surface area contributed by atoms with Gasteiger partial charge in [0.1, 0.15) is 28.6 Å². The van der Waals surface area contributed by atoms with E-state index in [1.165, 1.54) is 12.0 Å². The maximum absolute atomic E-state index is 13.8. The molecule has 0 aromatic heterocycles. The van der Waals surface area contributed by atoms with Crippen LogP contribution in [0.1, 0.15) is 24.5 Å². The first-order valence-electron chi connectivity index (χ1n) is 11.2. The molecule has 1 aromatic carbocycles. The summed E-state index contributed by atoms with van der Waals surface area (Å²) in [5, 5.41) is 47.6. The summed E-state index contributed by atoms with van der Waals surface area (Å²) in [5.41, 5.74) is 2.34. The summed E-state index contributed by atoms with van der Waals surface area (Å²) in [4.78, 5) is 40.4. The molecule has 7 N–H and O–H groups in total. The largest absolute Gasteiger partial charge is 0.508 e. The number of rotatable bonds is 5. The molecule has 3 aliphatic rings. The number of nitrogens with one attached hydrogen (secondary N) is 1. The van der Waals surface area contributed by atoms with E-state index >= 15 is 0 Å². The molecule has 11 nitrogen and oxygen atoms in total. The van der Waals surface area contributed by atoms with Gasteiger partial charge in [-0.3, -0.25) is 19.3 Å². The Kier molecular flexibility index (Phi) is 5.81. The van der Waals surface area contributed by atoms with Gasteiger partial charge in [0.05, 0.1) is 24.4 Å². The molecule has 11 heteroatoms. The Bertz CT molecular complexity index is 1220. The number of hydrogen-bond donors (Lipinski definition) is 6. The summed E-state index contributed by atoms with van der Waals surface area (Å²) < 4.78 is 5.49. The van der Waals surface area contributed by atoms with Crippen LogP contribution in [0, 0.1) is 11.8 Å². The van der Waals surface area contributed by atoms with Gasteiger partial charge in [0.25, 0.3) is 5.91 Å². The van der Waals surface area contributed by atoms with Crippen molar-refractivity contribution in [1.82, 2.24) is 4.90 Å². The number of phenolic OH excluding ortho intramolecular Hbond substituents is 1. The van der Waals surface area contributed by atoms with Crippen LogP contribution in [0.4, 0.5) is 5.69 Å². The number of aliphatic hydroxyl groups is 3. The number of amides is 1. The molecule has 0 spiro atoms. The zero-order valence-electron chi connectivity index (χ0n) is 19.9. The van der Waals surface area contributed by atoms with Gasteiger partial charge in [-0.15, -0.1) is 0 Å². The van der Waals surface area contributed by atoms with Crippen molar-refractivity contribution in [2.45, 2.75) is 31.4 Å². The van der Waals surface area contributed by atoms with Gasteiger partial charge >= 0.3 is 0 Å². The summed E-state index contributed by atoms with van der Waals surface area (Å²) in [6.45, 7) is 2.28. The predicted octanol–water partition coefficient (Wildman–Crippen LogP) is 0.404. The number of Topliss-reactive ketones (excluding diaryl/α,β-unsaturated/α-hetero) is 2. The third-order valence-corrected chi connectivity index (χ3v) is 7.27. The molecular weight excluding hydrogens is 458 g/mol. The van der Waals surface area contributed by atoms with Crippen LogP contribution in [-0.4, -0.2) is 82.2 Å². The van der Waals surface area contributed by atoms with Crippen LogP contribution in [0.15, 0.2) is 23.0 Å². The SMILES string of the molecule is CCNc1cc(OC)c2c(c1O)C(O)=C1C(=O)[C@]3(O)C(O)=C(C(N)=O)C(=O)[C@@H](N(C)C)[C@@H]3C[C@@H]1C2. The number of ketones is 2. The Morgan fingerprint density at radius 1 is 1.29 bits per heavy atom. The molecule has 4 rings (SSSR count). The van der Waals surface area contributed by atoms with Gasteiger partial charge in [0.15, 0.2) is 11.4 Å². The first-order chi connectivity index (χ1) is 16.4. The number of primary amides is 1. The Morgan fingerprint density at radius 2 is 1.94 bits per heavy atom. The van der Waals surface area contributed by atoms with Crippen molar-refractivity contribution in [2.24, 2.45) is 17.6 Å². The van der Waals surface area contributed by atoms with E-state index in [-0.39, 0.29) is 35.4 Å². The lowest BCUT2D eigenvalue weighted by molar-refractivity contribution is -0.153. The first kappa shape index (κ1) is 24.6. The monoisotopic (exact) mass is 487 g/mol. The second-order valence-electron chi connectivity index (χ2n) is 9.32. The molecule has 0 bridgehead atoms. The third kappa shape index (κ3) is 3.22. The second-order valence-corrected chi connectivity index (χ2v) is 9.32. The minimum atomic E-state index is -2.66.